The lowest BCUT2D eigenvalue weighted by atomic mass is 10.3. The van der Waals surface area contributed by atoms with Crippen molar-refractivity contribution in [3.05, 3.63) is 0 Å². The maximum Gasteiger partial charge on any atom is 0.323 e. The van der Waals surface area contributed by atoms with E-state index in [9.17, 15) is 9.59 Å². The molecule has 0 aliphatic rings. The first-order valence-corrected chi connectivity index (χ1v) is 6.08. The number of carbonyl (C=O) groups is 2. The number of hydrogen-bond acceptors (Lipinski definition) is 3. The first-order valence-electron chi connectivity index (χ1n) is 6.08. The Kier molecular flexibility index (Phi) is 7.52. The van der Waals surface area contributed by atoms with Crippen LogP contribution in [0.4, 0.5) is 4.79 Å². The van der Waals surface area contributed by atoms with Gasteiger partial charge in [-0.15, -0.1) is 0 Å². The number of carboxylic acid groups (broad SMARTS) is 1. The number of carboxylic acids is 1. The van der Waals surface area contributed by atoms with Gasteiger partial charge in [-0.1, -0.05) is 6.92 Å². The van der Waals surface area contributed by atoms with Crippen LogP contribution in [0.15, 0.2) is 0 Å². The van der Waals surface area contributed by atoms with E-state index in [2.05, 4.69) is 0 Å². The van der Waals surface area contributed by atoms with E-state index in [1.165, 1.54) is 9.80 Å². The van der Waals surface area contributed by atoms with Crippen LogP contribution in [0.1, 0.15) is 33.6 Å². The fraction of sp³-hybridized carbons (Fsp3) is 0.750. The summed E-state index contributed by atoms with van der Waals surface area (Å²) in [5.41, 5.74) is 0. The zero-order chi connectivity index (χ0) is 14.1. The van der Waals surface area contributed by atoms with E-state index >= 15 is 0 Å². The molecule has 0 rings (SSSR count). The Bertz CT molecular complexity index is 323. The molecular formula is C12H21N3O3. The molecule has 0 aromatic carbocycles. The maximum absolute atomic E-state index is 12.2. The summed E-state index contributed by atoms with van der Waals surface area (Å²) in [4.78, 5) is 25.8. The molecule has 102 valence electrons. The molecule has 0 spiro atoms. The van der Waals surface area contributed by atoms with E-state index < -0.39 is 5.97 Å². The first-order chi connectivity index (χ1) is 8.43. The number of carbonyl (C=O) groups excluding carboxylic acids is 1. The van der Waals surface area contributed by atoms with Crippen molar-refractivity contribution in [1.29, 1.82) is 5.26 Å². The van der Waals surface area contributed by atoms with Crippen LogP contribution in [-0.2, 0) is 4.79 Å². The van der Waals surface area contributed by atoms with Crippen molar-refractivity contribution in [3.8, 4) is 6.07 Å². The summed E-state index contributed by atoms with van der Waals surface area (Å²) in [6.07, 6.45) is 0.945. The Balaban J connectivity index is 4.76. The molecule has 2 amide bonds. The van der Waals surface area contributed by atoms with Gasteiger partial charge >= 0.3 is 12.0 Å². The number of amides is 2. The lowest BCUT2D eigenvalue weighted by molar-refractivity contribution is -0.137. The Morgan fingerprint density at radius 3 is 2.33 bits per heavy atom. The zero-order valence-corrected chi connectivity index (χ0v) is 11.2. The number of nitrogens with zero attached hydrogens (tertiary/aromatic N) is 3. The fourth-order valence-corrected chi connectivity index (χ4v) is 1.60. The molecule has 6 heteroatoms. The van der Waals surface area contributed by atoms with Crippen LogP contribution >= 0.6 is 0 Å². The van der Waals surface area contributed by atoms with E-state index in [-0.39, 0.29) is 25.0 Å². The Morgan fingerprint density at radius 2 is 1.94 bits per heavy atom. The largest absolute Gasteiger partial charge is 0.480 e. The SMILES string of the molecule is CCCN(CC(=O)O)C(=O)N(CCC#N)C(C)C. The van der Waals surface area contributed by atoms with Crippen LogP contribution in [0.3, 0.4) is 0 Å². The molecule has 1 N–H and O–H groups in total. The second-order valence-corrected chi connectivity index (χ2v) is 4.29. The van der Waals surface area contributed by atoms with Crippen LogP contribution in [-0.4, -0.2) is 52.6 Å². The van der Waals surface area contributed by atoms with Crippen LogP contribution in [0.2, 0.25) is 0 Å². The maximum atomic E-state index is 12.2. The molecule has 0 saturated heterocycles. The van der Waals surface area contributed by atoms with Crippen LogP contribution in [0, 0.1) is 11.3 Å². The highest BCUT2D eigenvalue weighted by atomic mass is 16.4. The summed E-state index contributed by atoms with van der Waals surface area (Å²) >= 11 is 0. The second-order valence-electron chi connectivity index (χ2n) is 4.29. The van der Waals surface area contributed by atoms with Gasteiger partial charge < -0.3 is 14.9 Å². The Morgan fingerprint density at radius 1 is 1.33 bits per heavy atom. The van der Waals surface area contributed by atoms with Gasteiger partial charge in [0.25, 0.3) is 0 Å². The van der Waals surface area contributed by atoms with Crippen LogP contribution < -0.4 is 0 Å². The van der Waals surface area contributed by atoms with Gasteiger partial charge in [0, 0.05) is 19.1 Å². The highest BCUT2D eigenvalue weighted by Gasteiger charge is 2.23. The monoisotopic (exact) mass is 255 g/mol. The van der Waals surface area contributed by atoms with Crippen LogP contribution in [0.5, 0.6) is 0 Å². The van der Waals surface area contributed by atoms with Crippen molar-refractivity contribution in [2.75, 3.05) is 19.6 Å². The third-order valence-electron chi connectivity index (χ3n) is 2.42. The van der Waals surface area contributed by atoms with Gasteiger partial charge in [0.2, 0.25) is 0 Å². The minimum atomic E-state index is -1.03. The van der Waals surface area contributed by atoms with Gasteiger partial charge in [0.15, 0.2) is 0 Å². The lowest BCUT2D eigenvalue weighted by Crippen LogP contribution is -2.48. The summed E-state index contributed by atoms with van der Waals surface area (Å²) in [5.74, 6) is -1.03. The third kappa shape index (κ3) is 5.53. The minimum absolute atomic E-state index is 0.0565. The van der Waals surface area contributed by atoms with Crippen molar-refractivity contribution in [1.82, 2.24) is 9.80 Å². The fourth-order valence-electron chi connectivity index (χ4n) is 1.60. The highest BCUT2D eigenvalue weighted by molar-refractivity contribution is 5.80. The lowest BCUT2D eigenvalue weighted by Gasteiger charge is -2.32. The standard InChI is InChI=1S/C12H21N3O3/c1-4-7-14(9-11(16)17)12(18)15(10(2)3)8-5-6-13/h10H,4-5,7-9H2,1-3H3,(H,16,17). The van der Waals surface area contributed by atoms with Crippen molar-refractivity contribution in [2.24, 2.45) is 0 Å². The molecule has 0 atom stereocenters. The molecule has 0 saturated carbocycles. The molecule has 6 nitrogen and oxygen atoms in total. The number of rotatable bonds is 7. The number of hydrogen-bond donors (Lipinski definition) is 1. The Labute approximate surface area is 108 Å². The molecule has 0 aliphatic heterocycles. The van der Waals surface area contributed by atoms with E-state index in [0.29, 0.717) is 19.5 Å². The highest BCUT2D eigenvalue weighted by Crippen LogP contribution is 2.06. The number of aliphatic carboxylic acids is 1. The molecule has 0 aliphatic carbocycles. The molecule has 0 heterocycles. The van der Waals surface area contributed by atoms with E-state index in [1.807, 2.05) is 26.8 Å². The molecule has 0 aromatic heterocycles. The van der Waals surface area contributed by atoms with Gasteiger partial charge in [-0.2, -0.15) is 5.26 Å². The van der Waals surface area contributed by atoms with E-state index in [4.69, 9.17) is 10.4 Å². The van der Waals surface area contributed by atoms with E-state index in [0.717, 1.165) is 0 Å². The number of nitriles is 1. The average molecular weight is 255 g/mol. The molecule has 0 unspecified atom stereocenters. The predicted molar refractivity (Wildman–Crippen MR) is 67.0 cm³/mol. The molecule has 0 radical (unpaired) electrons. The summed E-state index contributed by atoms with van der Waals surface area (Å²) in [6, 6.07) is 1.62. The van der Waals surface area contributed by atoms with Crippen molar-refractivity contribution in [3.63, 3.8) is 0 Å². The normalized spacial score (nSPS) is 9.94. The first kappa shape index (κ1) is 16.2. The minimum Gasteiger partial charge on any atom is -0.480 e. The van der Waals surface area contributed by atoms with Gasteiger partial charge in [-0.25, -0.2) is 4.79 Å². The molecular weight excluding hydrogens is 234 g/mol. The van der Waals surface area contributed by atoms with Crippen molar-refractivity contribution >= 4 is 12.0 Å². The van der Waals surface area contributed by atoms with Gasteiger partial charge in [-0.3, -0.25) is 4.79 Å². The van der Waals surface area contributed by atoms with Gasteiger partial charge in [-0.05, 0) is 20.3 Å². The smallest absolute Gasteiger partial charge is 0.323 e. The predicted octanol–water partition coefficient (Wildman–Crippen LogP) is 1.53. The summed E-state index contributed by atoms with van der Waals surface area (Å²) < 4.78 is 0. The van der Waals surface area contributed by atoms with Gasteiger partial charge in [0.05, 0.1) is 12.5 Å². The summed E-state index contributed by atoms with van der Waals surface area (Å²) in [5, 5.41) is 17.4. The van der Waals surface area contributed by atoms with Crippen LogP contribution in [0.25, 0.3) is 0 Å². The average Bonchev–Trinajstić information content (AvgIpc) is 2.27. The number of urea groups is 1. The molecule has 0 bridgehead atoms. The zero-order valence-electron chi connectivity index (χ0n) is 11.2. The quantitative estimate of drug-likeness (QED) is 0.747. The van der Waals surface area contributed by atoms with Gasteiger partial charge in [0.1, 0.15) is 6.54 Å². The third-order valence-corrected chi connectivity index (χ3v) is 2.42. The van der Waals surface area contributed by atoms with Crippen molar-refractivity contribution in [2.45, 2.75) is 39.7 Å². The summed E-state index contributed by atoms with van der Waals surface area (Å²) in [6.45, 7) is 6.01. The Hall–Kier alpha value is -1.77. The topological polar surface area (TPSA) is 84.6 Å². The second kappa shape index (κ2) is 8.34. The van der Waals surface area contributed by atoms with E-state index in [1.54, 1.807) is 0 Å². The molecule has 0 fully saturated rings. The molecule has 0 aromatic rings. The molecule has 18 heavy (non-hydrogen) atoms. The van der Waals surface area contributed by atoms with Crippen molar-refractivity contribution < 1.29 is 14.7 Å². The summed E-state index contributed by atoms with van der Waals surface area (Å²) in [7, 11) is 0.